The number of nitrogens with zero attached hydrogens (tertiary/aromatic N) is 1. The second kappa shape index (κ2) is 9.20. The van der Waals surface area contributed by atoms with E-state index in [4.69, 9.17) is 5.73 Å². The molecule has 0 aromatic rings. The van der Waals surface area contributed by atoms with Crippen LogP contribution in [0.4, 0.5) is 4.79 Å². The summed E-state index contributed by atoms with van der Waals surface area (Å²) in [7, 11) is 0. The zero-order valence-electron chi connectivity index (χ0n) is 13.3. The second-order valence-electron chi connectivity index (χ2n) is 6.39. The molecule has 1 aliphatic heterocycles. The molecule has 0 aromatic heterocycles. The summed E-state index contributed by atoms with van der Waals surface area (Å²) in [6.07, 6.45) is 6.65. The third-order valence-corrected chi connectivity index (χ3v) is 4.66. The average molecular weight is 333 g/mol. The summed E-state index contributed by atoms with van der Waals surface area (Å²) in [5.41, 5.74) is 5.67. The molecular formula is C15H29ClN4O2. The van der Waals surface area contributed by atoms with Gasteiger partial charge in [-0.2, -0.15) is 0 Å². The maximum absolute atomic E-state index is 12.2. The minimum absolute atomic E-state index is 0. The summed E-state index contributed by atoms with van der Waals surface area (Å²) < 4.78 is 0. The first kappa shape index (κ1) is 19.0. The van der Waals surface area contributed by atoms with Crippen LogP contribution in [0.5, 0.6) is 0 Å². The van der Waals surface area contributed by atoms with Crippen LogP contribution in [-0.4, -0.2) is 48.6 Å². The maximum Gasteiger partial charge on any atom is 0.315 e. The number of urea groups is 1. The topological polar surface area (TPSA) is 87.5 Å². The number of carbonyl (C=O) groups is 2. The highest BCUT2D eigenvalue weighted by atomic mass is 35.5. The molecule has 6 nitrogen and oxygen atoms in total. The molecule has 1 heterocycles. The van der Waals surface area contributed by atoms with Gasteiger partial charge in [0.15, 0.2) is 0 Å². The number of hydrogen-bond acceptors (Lipinski definition) is 3. The molecule has 22 heavy (non-hydrogen) atoms. The van der Waals surface area contributed by atoms with E-state index in [0.717, 1.165) is 19.3 Å². The Bertz CT molecular complexity index is 375. The van der Waals surface area contributed by atoms with Crippen LogP contribution in [0.1, 0.15) is 45.4 Å². The van der Waals surface area contributed by atoms with Crippen LogP contribution in [0.3, 0.4) is 0 Å². The smallest absolute Gasteiger partial charge is 0.315 e. The molecule has 7 heteroatoms. The molecule has 2 unspecified atom stereocenters. The van der Waals surface area contributed by atoms with Gasteiger partial charge in [0.1, 0.15) is 0 Å². The number of rotatable bonds is 4. The minimum Gasteiger partial charge on any atom is -0.338 e. The van der Waals surface area contributed by atoms with Crippen LogP contribution < -0.4 is 16.4 Å². The van der Waals surface area contributed by atoms with E-state index >= 15 is 0 Å². The van der Waals surface area contributed by atoms with E-state index in [9.17, 15) is 9.59 Å². The molecule has 2 atom stereocenters. The third-order valence-electron chi connectivity index (χ3n) is 4.66. The van der Waals surface area contributed by atoms with Crippen LogP contribution in [0, 0.1) is 5.92 Å². The lowest BCUT2D eigenvalue weighted by atomic mass is 9.96. The summed E-state index contributed by atoms with van der Waals surface area (Å²) in [6, 6.07) is 0.257. The maximum atomic E-state index is 12.2. The quantitative estimate of drug-likeness (QED) is 0.723. The van der Waals surface area contributed by atoms with Gasteiger partial charge in [-0.1, -0.05) is 19.3 Å². The van der Waals surface area contributed by atoms with Crippen molar-refractivity contribution in [3.63, 3.8) is 0 Å². The van der Waals surface area contributed by atoms with Crippen LogP contribution in [0.15, 0.2) is 0 Å². The van der Waals surface area contributed by atoms with Gasteiger partial charge in [-0.15, -0.1) is 12.4 Å². The van der Waals surface area contributed by atoms with E-state index in [1.54, 1.807) is 0 Å². The van der Waals surface area contributed by atoms with Crippen LogP contribution >= 0.6 is 12.4 Å². The lowest BCUT2D eigenvalue weighted by molar-refractivity contribution is -0.130. The minimum atomic E-state index is -0.225. The first-order chi connectivity index (χ1) is 10.1. The standard InChI is InChI=1S/C15H28N4O2.ClH/c1-11-7-12(8-16)10-19(11)14(20)9-17-15(21)18-13-5-3-2-4-6-13;/h11-13H,2-10,16H2,1H3,(H2,17,18,21);1H. The molecule has 3 amide bonds. The number of carbonyl (C=O) groups excluding carboxylic acids is 2. The van der Waals surface area contributed by atoms with Crippen molar-refractivity contribution in [2.45, 2.75) is 57.5 Å². The lowest BCUT2D eigenvalue weighted by Gasteiger charge is -2.24. The van der Waals surface area contributed by atoms with E-state index in [1.807, 2.05) is 11.8 Å². The zero-order valence-corrected chi connectivity index (χ0v) is 14.2. The largest absolute Gasteiger partial charge is 0.338 e. The van der Waals surface area contributed by atoms with Gasteiger partial charge >= 0.3 is 6.03 Å². The van der Waals surface area contributed by atoms with Gasteiger partial charge < -0.3 is 21.3 Å². The van der Waals surface area contributed by atoms with Crippen molar-refractivity contribution in [1.29, 1.82) is 0 Å². The van der Waals surface area contributed by atoms with Crippen LogP contribution in [0.25, 0.3) is 0 Å². The van der Waals surface area contributed by atoms with Crippen molar-refractivity contribution >= 4 is 24.3 Å². The van der Waals surface area contributed by atoms with Gasteiger partial charge in [0, 0.05) is 18.6 Å². The lowest BCUT2D eigenvalue weighted by Crippen LogP contribution is -2.47. The fourth-order valence-electron chi connectivity index (χ4n) is 3.40. The Morgan fingerprint density at radius 1 is 1.23 bits per heavy atom. The molecule has 1 aliphatic carbocycles. The summed E-state index contributed by atoms with van der Waals surface area (Å²) >= 11 is 0. The monoisotopic (exact) mass is 332 g/mol. The Hall–Kier alpha value is -1.01. The number of nitrogens with one attached hydrogen (secondary N) is 2. The van der Waals surface area contributed by atoms with Crippen molar-refractivity contribution in [2.24, 2.45) is 11.7 Å². The van der Waals surface area contributed by atoms with Gasteiger partial charge in [0.05, 0.1) is 6.54 Å². The SMILES string of the molecule is CC1CC(CN)CN1C(=O)CNC(=O)NC1CCCCC1.Cl. The molecule has 1 saturated heterocycles. The number of amides is 3. The van der Waals surface area contributed by atoms with Crippen molar-refractivity contribution in [3.05, 3.63) is 0 Å². The fraction of sp³-hybridized carbons (Fsp3) is 0.867. The van der Waals surface area contributed by atoms with E-state index in [2.05, 4.69) is 10.6 Å². The average Bonchev–Trinajstić information content (AvgIpc) is 2.87. The van der Waals surface area contributed by atoms with E-state index in [0.29, 0.717) is 19.0 Å². The fourth-order valence-corrected chi connectivity index (χ4v) is 3.40. The number of halogens is 1. The number of nitrogens with two attached hydrogens (primary N) is 1. The van der Waals surface area contributed by atoms with Crippen molar-refractivity contribution in [1.82, 2.24) is 15.5 Å². The summed E-state index contributed by atoms with van der Waals surface area (Å²) in [4.78, 5) is 25.8. The molecular weight excluding hydrogens is 304 g/mol. The summed E-state index contributed by atoms with van der Waals surface area (Å²) in [6.45, 7) is 3.43. The Balaban J connectivity index is 0.00000242. The highest BCUT2D eigenvalue weighted by Crippen LogP contribution is 2.21. The zero-order chi connectivity index (χ0) is 15.2. The van der Waals surface area contributed by atoms with E-state index in [1.165, 1.54) is 19.3 Å². The van der Waals surface area contributed by atoms with Gasteiger partial charge in [-0.25, -0.2) is 4.79 Å². The molecule has 0 bridgehead atoms. The Labute approximate surface area is 139 Å². The van der Waals surface area contributed by atoms with E-state index < -0.39 is 0 Å². The first-order valence-corrected chi connectivity index (χ1v) is 8.14. The summed E-state index contributed by atoms with van der Waals surface area (Å²) in [5.74, 6) is 0.372. The van der Waals surface area contributed by atoms with Gasteiger partial charge in [0.2, 0.25) is 5.91 Å². The normalized spacial score (nSPS) is 25.5. The molecule has 1 saturated carbocycles. The molecule has 128 valence electrons. The predicted octanol–water partition coefficient (Wildman–Crippen LogP) is 1.24. The number of likely N-dealkylation sites (tertiary alicyclic amines) is 1. The molecule has 0 aromatic carbocycles. The molecule has 0 radical (unpaired) electrons. The van der Waals surface area contributed by atoms with Crippen molar-refractivity contribution in [2.75, 3.05) is 19.6 Å². The van der Waals surface area contributed by atoms with Crippen molar-refractivity contribution < 1.29 is 9.59 Å². The highest BCUT2D eigenvalue weighted by Gasteiger charge is 2.31. The van der Waals surface area contributed by atoms with Crippen molar-refractivity contribution in [3.8, 4) is 0 Å². The molecule has 2 aliphatic rings. The Morgan fingerprint density at radius 3 is 2.50 bits per heavy atom. The van der Waals surface area contributed by atoms with Gasteiger partial charge in [-0.05, 0) is 38.6 Å². The number of hydrogen-bond donors (Lipinski definition) is 3. The third kappa shape index (κ3) is 5.32. The van der Waals surface area contributed by atoms with Crippen LogP contribution in [-0.2, 0) is 4.79 Å². The molecule has 2 fully saturated rings. The second-order valence-corrected chi connectivity index (χ2v) is 6.39. The first-order valence-electron chi connectivity index (χ1n) is 8.14. The predicted molar refractivity (Wildman–Crippen MR) is 89.0 cm³/mol. The molecule has 0 spiro atoms. The summed E-state index contributed by atoms with van der Waals surface area (Å²) in [5, 5.41) is 5.64. The Kier molecular flexibility index (Phi) is 7.96. The van der Waals surface area contributed by atoms with Crippen LogP contribution in [0.2, 0.25) is 0 Å². The molecule has 2 rings (SSSR count). The van der Waals surface area contributed by atoms with E-state index in [-0.39, 0.29) is 43.0 Å². The molecule has 4 N–H and O–H groups in total. The van der Waals surface area contributed by atoms with Gasteiger partial charge in [0.25, 0.3) is 0 Å². The highest BCUT2D eigenvalue weighted by molar-refractivity contribution is 5.85. The van der Waals surface area contributed by atoms with Gasteiger partial charge in [-0.3, -0.25) is 4.79 Å². The Morgan fingerprint density at radius 2 is 1.91 bits per heavy atom.